The van der Waals surface area contributed by atoms with Crippen molar-refractivity contribution in [2.24, 2.45) is 17.6 Å². The summed E-state index contributed by atoms with van der Waals surface area (Å²) in [5.74, 6) is 5.91. The zero-order chi connectivity index (χ0) is 31.8. The van der Waals surface area contributed by atoms with Crippen molar-refractivity contribution in [2.75, 3.05) is 5.32 Å². The van der Waals surface area contributed by atoms with Crippen LogP contribution in [0.4, 0.5) is 5.82 Å². The maximum Gasteiger partial charge on any atom is 0.228 e. The van der Waals surface area contributed by atoms with Crippen molar-refractivity contribution >= 4 is 40.5 Å². The number of aryl methyl sites for hydroxylation is 4. The molecule has 2 saturated carbocycles. The lowest BCUT2D eigenvalue weighted by Gasteiger charge is -2.06. The first-order valence-electron chi connectivity index (χ1n) is 14.4. The predicted molar refractivity (Wildman–Crippen MR) is 164 cm³/mol. The van der Waals surface area contributed by atoms with Crippen LogP contribution in [0.2, 0.25) is 5.15 Å². The third kappa shape index (κ3) is 7.01. The average Bonchev–Trinajstić information content (AvgIpc) is 3.86. The molecule has 232 valence electrons. The highest BCUT2D eigenvalue weighted by Gasteiger charge is 2.30. The summed E-state index contributed by atoms with van der Waals surface area (Å²) < 4.78 is 14.4. The summed E-state index contributed by atoms with van der Waals surface area (Å²) >= 11 is 5.96. The topological polar surface area (TPSA) is 185 Å². The molecular formula is C30H31ClN10O4. The maximum atomic E-state index is 12.0. The van der Waals surface area contributed by atoms with E-state index in [1.807, 2.05) is 52.0 Å². The summed E-state index contributed by atoms with van der Waals surface area (Å²) in [5, 5.41) is 11.8. The first kappa shape index (κ1) is 29.9. The molecule has 8 rings (SSSR count). The summed E-state index contributed by atoms with van der Waals surface area (Å²) in [7, 11) is 0. The van der Waals surface area contributed by atoms with Crippen LogP contribution in [-0.4, -0.2) is 51.0 Å². The van der Waals surface area contributed by atoms with E-state index in [1.54, 1.807) is 21.2 Å². The Bertz CT molecular complexity index is 2030. The van der Waals surface area contributed by atoms with E-state index < -0.39 is 0 Å². The van der Waals surface area contributed by atoms with Gasteiger partial charge in [-0.1, -0.05) is 11.6 Å². The second-order valence-electron chi connectivity index (χ2n) is 11.0. The van der Waals surface area contributed by atoms with Crippen LogP contribution >= 0.6 is 11.6 Å². The number of rotatable bonds is 5. The Morgan fingerprint density at radius 2 is 1.29 bits per heavy atom. The molecule has 0 aliphatic heterocycles. The van der Waals surface area contributed by atoms with E-state index >= 15 is 0 Å². The number of halogens is 1. The number of carbonyl (C=O) groups is 2. The van der Waals surface area contributed by atoms with E-state index in [4.69, 9.17) is 26.2 Å². The average molecular weight is 631 g/mol. The lowest BCUT2D eigenvalue weighted by Crippen LogP contribution is -2.15. The van der Waals surface area contributed by atoms with Gasteiger partial charge in [0.05, 0.1) is 0 Å². The highest BCUT2D eigenvalue weighted by Crippen LogP contribution is 2.31. The molecule has 6 heterocycles. The van der Waals surface area contributed by atoms with Crippen molar-refractivity contribution in [3.05, 3.63) is 64.7 Å². The van der Waals surface area contributed by atoms with Crippen molar-refractivity contribution in [3.8, 4) is 23.2 Å². The zero-order valence-electron chi connectivity index (χ0n) is 25.1. The van der Waals surface area contributed by atoms with E-state index in [-0.39, 0.29) is 23.7 Å². The summed E-state index contributed by atoms with van der Waals surface area (Å²) in [6, 6.07) is 10.8. The SMILES string of the molecule is Cc1nc2cc(Cl)nc(-c3ccc(C)o3)n2n1.Cc1nc2cc(NC(=O)C3CC3)nc(-c3ccc(C)o3)n2n1.NC(=O)C1CC1. The second kappa shape index (κ2) is 12.1. The van der Waals surface area contributed by atoms with Gasteiger partial charge in [0.2, 0.25) is 17.6 Å². The number of nitrogens with zero attached hydrogens (tertiary/aromatic N) is 8. The Kier molecular flexibility index (Phi) is 8.06. The third-order valence-electron chi connectivity index (χ3n) is 6.93. The number of hydrogen-bond acceptors (Lipinski definition) is 10. The lowest BCUT2D eigenvalue weighted by molar-refractivity contribution is -0.119. The molecule has 6 aromatic rings. The molecule has 15 heteroatoms. The van der Waals surface area contributed by atoms with Gasteiger partial charge in [0.25, 0.3) is 0 Å². The third-order valence-corrected chi connectivity index (χ3v) is 7.12. The number of nitrogens with two attached hydrogens (primary N) is 1. The molecular weight excluding hydrogens is 600 g/mol. The molecule has 3 N–H and O–H groups in total. The molecule has 2 amide bonds. The molecule has 0 atom stereocenters. The highest BCUT2D eigenvalue weighted by atomic mass is 35.5. The first-order chi connectivity index (χ1) is 21.5. The van der Waals surface area contributed by atoms with Gasteiger partial charge in [-0.15, -0.1) is 10.2 Å². The van der Waals surface area contributed by atoms with Crippen molar-refractivity contribution in [3.63, 3.8) is 0 Å². The van der Waals surface area contributed by atoms with E-state index in [1.165, 1.54) is 0 Å². The molecule has 0 unspecified atom stereocenters. The van der Waals surface area contributed by atoms with E-state index in [0.717, 1.165) is 37.2 Å². The minimum Gasteiger partial charge on any atom is -0.458 e. The molecule has 45 heavy (non-hydrogen) atoms. The Hall–Kier alpha value is -5.11. The second-order valence-corrected chi connectivity index (χ2v) is 11.4. The van der Waals surface area contributed by atoms with Crippen LogP contribution in [-0.2, 0) is 9.59 Å². The van der Waals surface area contributed by atoms with Gasteiger partial charge in [0.1, 0.15) is 34.1 Å². The van der Waals surface area contributed by atoms with Gasteiger partial charge in [0, 0.05) is 24.0 Å². The quantitative estimate of drug-likeness (QED) is 0.249. The lowest BCUT2D eigenvalue weighted by atomic mass is 10.3. The zero-order valence-corrected chi connectivity index (χ0v) is 25.9. The Labute approximate surface area is 262 Å². The van der Waals surface area contributed by atoms with Crippen molar-refractivity contribution in [2.45, 2.75) is 53.4 Å². The Balaban J connectivity index is 0.000000137. The van der Waals surface area contributed by atoms with Crippen molar-refractivity contribution < 1.29 is 18.4 Å². The number of anilines is 1. The summed E-state index contributed by atoms with van der Waals surface area (Å²) in [6.45, 7) is 7.37. The summed E-state index contributed by atoms with van der Waals surface area (Å²) in [6.07, 6.45) is 3.94. The van der Waals surface area contributed by atoms with Crippen LogP contribution in [0.5, 0.6) is 0 Å². The number of hydrogen-bond donors (Lipinski definition) is 2. The van der Waals surface area contributed by atoms with E-state index in [9.17, 15) is 9.59 Å². The number of carbonyl (C=O) groups excluding carboxylic acids is 2. The number of nitrogens with one attached hydrogen (secondary N) is 1. The van der Waals surface area contributed by atoms with Gasteiger partial charge in [-0.2, -0.15) is 9.03 Å². The van der Waals surface area contributed by atoms with Gasteiger partial charge >= 0.3 is 0 Å². The van der Waals surface area contributed by atoms with Crippen molar-refractivity contribution in [1.82, 2.24) is 39.2 Å². The summed E-state index contributed by atoms with van der Waals surface area (Å²) in [4.78, 5) is 39.3. The molecule has 14 nitrogen and oxygen atoms in total. The van der Waals surface area contributed by atoms with Crippen LogP contribution in [0.3, 0.4) is 0 Å². The fourth-order valence-corrected chi connectivity index (χ4v) is 4.58. The van der Waals surface area contributed by atoms with Gasteiger partial charge in [-0.05, 0) is 77.6 Å². The van der Waals surface area contributed by atoms with Crippen LogP contribution < -0.4 is 11.1 Å². The maximum absolute atomic E-state index is 12.0. The number of fused-ring (bicyclic) bond motifs is 2. The molecule has 0 saturated heterocycles. The molecule has 0 radical (unpaired) electrons. The molecule has 2 aliphatic carbocycles. The largest absolute Gasteiger partial charge is 0.458 e. The number of primary amides is 1. The van der Waals surface area contributed by atoms with Crippen LogP contribution in [0.25, 0.3) is 34.5 Å². The standard InChI is InChI=1S/C15H15N5O2.C11H9ClN4O.C4H7NO/c1-8-3-6-11(22-8)14-17-12(18-15(21)10-4-5-10)7-13-16-9(2)19-20(13)14;1-6-3-4-8(17-6)11-14-9(12)5-10-13-7(2)15-16(10)11;5-4(6)3-1-2-3/h3,6-7,10H,4-5H2,1-2H3,(H,18,21);3-5H,1-2H3;3H,1-2H2,(H2,5,6). The fourth-order valence-electron chi connectivity index (χ4n) is 4.40. The van der Waals surface area contributed by atoms with Crippen LogP contribution in [0.15, 0.2) is 45.2 Å². The van der Waals surface area contributed by atoms with E-state index in [2.05, 4.69) is 35.5 Å². The number of aromatic nitrogens is 8. The molecule has 0 aromatic carbocycles. The van der Waals surface area contributed by atoms with Gasteiger partial charge in [0.15, 0.2) is 28.6 Å². The molecule has 2 fully saturated rings. The highest BCUT2D eigenvalue weighted by molar-refractivity contribution is 6.29. The Morgan fingerprint density at radius 1 is 0.778 bits per heavy atom. The summed E-state index contributed by atoms with van der Waals surface area (Å²) in [5.41, 5.74) is 6.15. The monoisotopic (exact) mass is 630 g/mol. The number of amides is 2. The van der Waals surface area contributed by atoms with Gasteiger partial charge < -0.3 is 19.9 Å². The minimum atomic E-state index is -0.130. The van der Waals surface area contributed by atoms with E-state index in [0.29, 0.717) is 57.1 Å². The van der Waals surface area contributed by atoms with Crippen LogP contribution in [0.1, 0.15) is 48.9 Å². The first-order valence-corrected chi connectivity index (χ1v) is 14.8. The van der Waals surface area contributed by atoms with Crippen LogP contribution in [0, 0.1) is 39.5 Å². The van der Waals surface area contributed by atoms with Gasteiger partial charge in [-0.25, -0.2) is 19.9 Å². The molecule has 0 spiro atoms. The minimum absolute atomic E-state index is 0.00895. The molecule has 2 aliphatic rings. The smallest absolute Gasteiger partial charge is 0.228 e. The van der Waals surface area contributed by atoms with Crippen molar-refractivity contribution in [1.29, 1.82) is 0 Å². The Morgan fingerprint density at radius 3 is 1.73 bits per heavy atom. The molecule has 0 bridgehead atoms. The fraction of sp³-hybridized carbons (Fsp3) is 0.333. The molecule has 6 aromatic heterocycles. The predicted octanol–water partition coefficient (Wildman–Crippen LogP) is 4.89. The number of furan rings is 2. The normalized spacial score (nSPS) is 14.1. The van der Waals surface area contributed by atoms with Gasteiger partial charge in [-0.3, -0.25) is 9.59 Å².